The van der Waals surface area contributed by atoms with Crippen LogP contribution in [0.4, 0.5) is 0 Å². The van der Waals surface area contributed by atoms with E-state index in [1.165, 1.54) is 4.88 Å². The number of hydrogen-bond donors (Lipinski definition) is 2. The van der Waals surface area contributed by atoms with E-state index in [1.807, 2.05) is 0 Å². The molecule has 1 atom stereocenters. The van der Waals surface area contributed by atoms with Crippen LogP contribution in [0.1, 0.15) is 17.7 Å². The molecule has 0 saturated carbocycles. The van der Waals surface area contributed by atoms with Crippen LogP contribution in [0.2, 0.25) is 0 Å². The number of nitrogens with one attached hydrogen (secondary N) is 1. The van der Waals surface area contributed by atoms with Crippen molar-refractivity contribution in [1.82, 2.24) is 10.2 Å². The van der Waals surface area contributed by atoms with Crippen molar-refractivity contribution in [2.75, 3.05) is 19.6 Å². The van der Waals surface area contributed by atoms with E-state index in [1.54, 1.807) is 11.3 Å². The first-order valence-corrected chi connectivity index (χ1v) is 6.82. The fourth-order valence-corrected chi connectivity index (χ4v) is 2.97. The highest BCUT2D eigenvalue weighted by Gasteiger charge is 2.20. The van der Waals surface area contributed by atoms with Crippen molar-refractivity contribution in [2.45, 2.75) is 25.4 Å². The normalized spacial score (nSPS) is 21.5. The van der Waals surface area contributed by atoms with Crippen LogP contribution in [0, 0.1) is 0 Å². The SMILES string of the molecule is O=C(O)CNC1CCCN(Cc2cccs2)C1. The Morgan fingerprint density at radius 1 is 1.65 bits per heavy atom. The van der Waals surface area contributed by atoms with Gasteiger partial charge in [-0.1, -0.05) is 6.07 Å². The fraction of sp³-hybridized carbons (Fsp3) is 0.583. The number of carbonyl (C=O) groups is 1. The van der Waals surface area contributed by atoms with E-state index in [0.29, 0.717) is 6.04 Å². The third-order valence-electron chi connectivity index (χ3n) is 3.01. The predicted octanol–water partition coefficient (Wildman–Crippen LogP) is 1.39. The smallest absolute Gasteiger partial charge is 0.317 e. The predicted molar refractivity (Wildman–Crippen MR) is 68.3 cm³/mol. The molecule has 2 N–H and O–H groups in total. The molecule has 5 heteroatoms. The van der Waals surface area contributed by atoms with Crippen molar-refractivity contribution >= 4 is 17.3 Å². The summed E-state index contributed by atoms with van der Waals surface area (Å²) in [4.78, 5) is 14.3. The Kier molecular flexibility index (Phi) is 4.53. The number of likely N-dealkylation sites (tertiary alicyclic amines) is 1. The molecule has 1 fully saturated rings. The number of piperidine rings is 1. The van der Waals surface area contributed by atoms with Crippen LogP contribution in [-0.4, -0.2) is 41.7 Å². The number of carboxylic acids is 1. The van der Waals surface area contributed by atoms with E-state index in [0.717, 1.165) is 32.5 Å². The van der Waals surface area contributed by atoms with E-state index >= 15 is 0 Å². The Bertz CT molecular complexity index is 353. The average molecular weight is 254 g/mol. The van der Waals surface area contributed by atoms with Crippen molar-refractivity contribution in [1.29, 1.82) is 0 Å². The molecule has 4 nitrogen and oxygen atoms in total. The summed E-state index contributed by atoms with van der Waals surface area (Å²) >= 11 is 1.78. The van der Waals surface area contributed by atoms with Gasteiger partial charge in [-0.3, -0.25) is 9.69 Å². The van der Waals surface area contributed by atoms with Gasteiger partial charge in [0, 0.05) is 24.0 Å². The van der Waals surface area contributed by atoms with E-state index in [-0.39, 0.29) is 6.54 Å². The zero-order chi connectivity index (χ0) is 12.1. The van der Waals surface area contributed by atoms with E-state index in [9.17, 15) is 4.79 Å². The lowest BCUT2D eigenvalue weighted by atomic mass is 10.1. The van der Waals surface area contributed by atoms with Crippen LogP contribution in [0.25, 0.3) is 0 Å². The van der Waals surface area contributed by atoms with Crippen molar-refractivity contribution in [3.8, 4) is 0 Å². The molecule has 2 rings (SSSR count). The van der Waals surface area contributed by atoms with Gasteiger partial charge in [0.05, 0.1) is 6.54 Å². The molecule has 1 unspecified atom stereocenters. The summed E-state index contributed by atoms with van der Waals surface area (Å²) in [5.41, 5.74) is 0. The lowest BCUT2D eigenvalue weighted by Gasteiger charge is -2.32. The van der Waals surface area contributed by atoms with Crippen molar-refractivity contribution in [2.24, 2.45) is 0 Å². The first kappa shape index (κ1) is 12.5. The summed E-state index contributed by atoms with van der Waals surface area (Å²) < 4.78 is 0. The van der Waals surface area contributed by atoms with Crippen LogP contribution in [0.15, 0.2) is 17.5 Å². The van der Waals surface area contributed by atoms with Gasteiger partial charge in [-0.15, -0.1) is 11.3 Å². The molecule has 1 saturated heterocycles. The molecule has 0 aliphatic carbocycles. The lowest BCUT2D eigenvalue weighted by Crippen LogP contribution is -2.46. The minimum Gasteiger partial charge on any atom is -0.480 e. The van der Waals surface area contributed by atoms with Gasteiger partial charge >= 0.3 is 5.97 Å². The summed E-state index contributed by atoms with van der Waals surface area (Å²) in [7, 11) is 0. The standard InChI is InChI=1S/C12H18N2O2S/c15-12(16)7-13-10-3-1-5-14(8-10)9-11-4-2-6-17-11/h2,4,6,10,13H,1,3,5,7-9H2,(H,15,16). The molecule has 94 valence electrons. The van der Waals surface area contributed by atoms with Crippen LogP contribution in [-0.2, 0) is 11.3 Å². The van der Waals surface area contributed by atoms with Gasteiger partial charge in [-0.05, 0) is 30.8 Å². The van der Waals surface area contributed by atoms with Gasteiger partial charge in [0.25, 0.3) is 0 Å². The highest BCUT2D eigenvalue weighted by molar-refractivity contribution is 7.09. The Labute approximate surface area is 105 Å². The molecule has 0 bridgehead atoms. The summed E-state index contributed by atoms with van der Waals surface area (Å²) in [6.45, 7) is 3.12. The van der Waals surface area contributed by atoms with Crippen molar-refractivity contribution in [3.63, 3.8) is 0 Å². The van der Waals surface area contributed by atoms with Gasteiger partial charge < -0.3 is 10.4 Å². The molecular formula is C12H18N2O2S. The third-order valence-corrected chi connectivity index (χ3v) is 3.87. The molecule has 0 spiro atoms. The zero-order valence-electron chi connectivity index (χ0n) is 9.76. The second-order valence-electron chi connectivity index (χ2n) is 4.43. The Morgan fingerprint density at radius 3 is 3.24 bits per heavy atom. The maximum Gasteiger partial charge on any atom is 0.317 e. The minimum absolute atomic E-state index is 0.0670. The second-order valence-corrected chi connectivity index (χ2v) is 5.46. The number of carboxylic acid groups (broad SMARTS) is 1. The van der Waals surface area contributed by atoms with Gasteiger partial charge in [-0.2, -0.15) is 0 Å². The Morgan fingerprint density at radius 2 is 2.53 bits per heavy atom. The Balaban J connectivity index is 1.78. The van der Waals surface area contributed by atoms with Crippen molar-refractivity contribution < 1.29 is 9.90 Å². The average Bonchev–Trinajstić information content (AvgIpc) is 2.80. The number of nitrogens with zero attached hydrogens (tertiary/aromatic N) is 1. The quantitative estimate of drug-likeness (QED) is 0.833. The number of hydrogen-bond acceptors (Lipinski definition) is 4. The number of thiophene rings is 1. The van der Waals surface area contributed by atoms with E-state index < -0.39 is 5.97 Å². The zero-order valence-corrected chi connectivity index (χ0v) is 10.6. The van der Waals surface area contributed by atoms with Gasteiger partial charge in [0.1, 0.15) is 0 Å². The Hall–Kier alpha value is -0.910. The molecule has 0 amide bonds. The monoisotopic (exact) mass is 254 g/mol. The van der Waals surface area contributed by atoms with Crippen LogP contribution >= 0.6 is 11.3 Å². The largest absolute Gasteiger partial charge is 0.480 e. The summed E-state index contributed by atoms with van der Waals surface area (Å²) in [5.74, 6) is -0.777. The maximum absolute atomic E-state index is 10.5. The van der Waals surface area contributed by atoms with Crippen LogP contribution < -0.4 is 5.32 Å². The number of aliphatic carboxylic acids is 1. The first-order valence-electron chi connectivity index (χ1n) is 5.94. The number of rotatable bonds is 5. The van der Waals surface area contributed by atoms with Crippen molar-refractivity contribution in [3.05, 3.63) is 22.4 Å². The second kappa shape index (κ2) is 6.14. The van der Waals surface area contributed by atoms with Crippen LogP contribution in [0.3, 0.4) is 0 Å². The minimum atomic E-state index is -0.777. The van der Waals surface area contributed by atoms with Gasteiger partial charge in [0.15, 0.2) is 0 Å². The highest BCUT2D eigenvalue weighted by atomic mass is 32.1. The molecule has 0 radical (unpaired) electrons. The summed E-state index contributed by atoms with van der Waals surface area (Å²) in [6, 6.07) is 4.54. The van der Waals surface area contributed by atoms with E-state index in [4.69, 9.17) is 5.11 Å². The molecule has 1 aliphatic rings. The molecule has 17 heavy (non-hydrogen) atoms. The lowest BCUT2D eigenvalue weighted by molar-refractivity contribution is -0.136. The van der Waals surface area contributed by atoms with Gasteiger partial charge in [0.2, 0.25) is 0 Å². The summed E-state index contributed by atoms with van der Waals surface area (Å²) in [5, 5.41) is 13.8. The topological polar surface area (TPSA) is 52.6 Å². The first-order chi connectivity index (χ1) is 8.24. The van der Waals surface area contributed by atoms with E-state index in [2.05, 4.69) is 27.7 Å². The molecule has 1 aliphatic heterocycles. The molecule has 0 aromatic carbocycles. The summed E-state index contributed by atoms with van der Waals surface area (Å²) in [6.07, 6.45) is 2.22. The third kappa shape index (κ3) is 4.11. The van der Waals surface area contributed by atoms with Crippen LogP contribution in [0.5, 0.6) is 0 Å². The highest BCUT2D eigenvalue weighted by Crippen LogP contribution is 2.16. The molecular weight excluding hydrogens is 236 g/mol. The maximum atomic E-state index is 10.5. The van der Waals surface area contributed by atoms with Gasteiger partial charge in [-0.25, -0.2) is 0 Å². The fourth-order valence-electron chi connectivity index (χ4n) is 2.22. The molecule has 2 heterocycles. The molecule has 1 aromatic heterocycles. The molecule has 1 aromatic rings.